The van der Waals surface area contributed by atoms with E-state index in [9.17, 15) is 4.79 Å². The van der Waals surface area contributed by atoms with E-state index >= 15 is 0 Å². The molecule has 0 aromatic rings. The van der Waals surface area contributed by atoms with E-state index in [0.717, 1.165) is 25.9 Å². The van der Waals surface area contributed by atoms with Gasteiger partial charge in [-0.05, 0) is 25.7 Å². The molecule has 0 aromatic heterocycles. The van der Waals surface area contributed by atoms with Crippen LogP contribution in [-0.4, -0.2) is 36.0 Å². The van der Waals surface area contributed by atoms with Gasteiger partial charge in [0.15, 0.2) is 0 Å². The monoisotopic (exact) mass is 180 g/mol. The second kappa shape index (κ2) is 2.71. The minimum absolute atomic E-state index is 0.400. The van der Waals surface area contributed by atoms with Gasteiger partial charge in [0.25, 0.3) is 0 Å². The molecule has 0 aromatic carbocycles. The predicted octanol–water partition coefficient (Wildman–Crippen LogP) is 0.359. The second-order valence-corrected chi connectivity index (χ2v) is 4.66. The van der Waals surface area contributed by atoms with Gasteiger partial charge in [0, 0.05) is 31.1 Å². The van der Waals surface area contributed by atoms with Gasteiger partial charge in [-0.25, -0.2) is 0 Å². The van der Waals surface area contributed by atoms with Crippen molar-refractivity contribution in [1.82, 2.24) is 10.2 Å². The largest absolute Gasteiger partial charge is 0.339 e. The van der Waals surface area contributed by atoms with E-state index in [0.29, 0.717) is 23.9 Å². The summed E-state index contributed by atoms with van der Waals surface area (Å²) in [6.45, 7) is 1.93. The molecule has 3 fully saturated rings. The SMILES string of the molecule is O=C(C1CC1)N1C[C@H]2CC[C@@H](C1)N2. The molecule has 3 rings (SSSR count). The highest BCUT2D eigenvalue weighted by molar-refractivity contribution is 5.81. The Hall–Kier alpha value is -0.570. The molecule has 1 amide bonds. The number of hydrogen-bond donors (Lipinski definition) is 1. The van der Waals surface area contributed by atoms with Crippen molar-refractivity contribution in [1.29, 1.82) is 0 Å². The average Bonchev–Trinajstić information content (AvgIpc) is 2.92. The van der Waals surface area contributed by atoms with Crippen molar-refractivity contribution in [2.24, 2.45) is 5.92 Å². The van der Waals surface area contributed by atoms with Gasteiger partial charge >= 0.3 is 0 Å². The molecule has 13 heavy (non-hydrogen) atoms. The van der Waals surface area contributed by atoms with E-state index in [-0.39, 0.29) is 0 Å². The highest BCUT2D eigenvalue weighted by Crippen LogP contribution is 2.32. The zero-order chi connectivity index (χ0) is 8.84. The Morgan fingerprint density at radius 1 is 1.08 bits per heavy atom. The first-order valence-corrected chi connectivity index (χ1v) is 5.38. The summed E-state index contributed by atoms with van der Waals surface area (Å²) in [7, 11) is 0. The lowest BCUT2D eigenvalue weighted by atomic mass is 10.2. The number of nitrogens with zero attached hydrogens (tertiary/aromatic N) is 1. The summed E-state index contributed by atoms with van der Waals surface area (Å²) in [4.78, 5) is 13.9. The molecule has 2 atom stereocenters. The summed E-state index contributed by atoms with van der Waals surface area (Å²) in [5, 5.41) is 3.54. The van der Waals surface area contributed by atoms with E-state index in [2.05, 4.69) is 10.2 Å². The summed E-state index contributed by atoms with van der Waals surface area (Å²) in [5.74, 6) is 0.830. The van der Waals surface area contributed by atoms with E-state index in [1.807, 2.05) is 0 Å². The van der Waals surface area contributed by atoms with Crippen molar-refractivity contribution in [3.05, 3.63) is 0 Å². The van der Waals surface area contributed by atoms with Crippen molar-refractivity contribution in [2.75, 3.05) is 13.1 Å². The van der Waals surface area contributed by atoms with E-state index in [4.69, 9.17) is 0 Å². The fraction of sp³-hybridized carbons (Fsp3) is 0.900. The van der Waals surface area contributed by atoms with Crippen LogP contribution >= 0.6 is 0 Å². The zero-order valence-electron chi connectivity index (χ0n) is 7.83. The molecule has 0 unspecified atom stereocenters. The van der Waals surface area contributed by atoms with E-state index in [1.165, 1.54) is 12.8 Å². The molecule has 2 heterocycles. The van der Waals surface area contributed by atoms with Crippen molar-refractivity contribution >= 4 is 5.91 Å². The number of rotatable bonds is 1. The maximum absolute atomic E-state index is 11.8. The molecule has 3 nitrogen and oxygen atoms in total. The van der Waals surface area contributed by atoms with Crippen LogP contribution in [0.3, 0.4) is 0 Å². The molecule has 1 N–H and O–H groups in total. The Morgan fingerprint density at radius 3 is 2.23 bits per heavy atom. The molecule has 0 spiro atoms. The first kappa shape index (κ1) is 7.80. The molecule has 2 aliphatic heterocycles. The summed E-state index contributed by atoms with van der Waals surface area (Å²) in [6.07, 6.45) is 4.80. The minimum atomic E-state index is 0.400. The summed E-state index contributed by atoms with van der Waals surface area (Å²) in [6, 6.07) is 1.20. The van der Waals surface area contributed by atoms with E-state index < -0.39 is 0 Å². The van der Waals surface area contributed by atoms with Crippen molar-refractivity contribution in [3.63, 3.8) is 0 Å². The quantitative estimate of drug-likeness (QED) is 0.632. The van der Waals surface area contributed by atoms with Gasteiger partial charge in [-0.2, -0.15) is 0 Å². The second-order valence-electron chi connectivity index (χ2n) is 4.66. The third kappa shape index (κ3) is 1.35. The zero-order valence-corrected chi connectivity index (χ0v) is 7.83. The summed E-state index contributed by atoms with van der Waals surface area (Å²) < 4.78 is 0. The average molecular weight is 180 g/mol. The maximum Gasteiger partial charge on any atom is 0.225 e. The van der Waals surface area contributed by atoms with Gasteiger partial charge in [-0.1, -0.05) is 0 Å². The van der Waals surface area contributed by atoms with Crippen LogP contribution in [0.2, 0.25) is 0 Å². The number of nitrogens with one attached hydrogen (secondary N) is 1. The fourth-order valence-electron chi connectivity index (χ4n) is 2.57. The number of carbonyl (C=O) groups excluding carboxylic acids is 1. The first-order valence-electron chi connectivity index (χ1n) is 5.38. The number of amides is 1. The predicted molar refractivity (Wildman–Crippen MR) is 49.2 cm³/mol. The van der Waals surface area contributed by atoms with Gasteiger partial charge in [-0.3, -0.25) is 4.79 Å². The Morgan fingerprint density at radius 2 is 1.69 bits per heavy atom. The minimum Gasteiger partial charge on any atom is -0.339 e. The van der Waals surface area contributed by atoms with Gasteiger partial charge < -0.3 is 10.2 Å². The van der Waals surface area contributed by atoms with Gasteiger partial charge in [-0.15, -0.1) is 0 Å². The van der Waals surface area contributed by atoms with Crippen molar-refractivity contribution in [2.45, 2.75) is 37.8 Å². The van der Waals surface area contributed by atoms with Crippen LogP contribution in [0.1, 0.15) is 25.7 Å². The third-order valence-electron chi connectivity index (χ3n) is 3.45. The molecule has 2 saturated heterocycles. The Labute approximate surface area is 78.5 Å². The van der Waals surface area contributed by atoms with Crippen LogP contribution in [0, 0.1) is 5.92 Å². The van der Waals surface area contributed by atoms with Crippen LogP contribution in [0.25, 0.3) is 0 Å². The standard InChI is InChI=1S/C10H16N2O/c13-10(7-1-2-7)12-5-8-3-4-9(6-12)11-8/h7-9,11H,1-6H2/t8-,9+. The normalized spacial score (nSPS) is 38.0. The lowest BCUT2D eigenvalue weighted by Crippen LogP contribution is -2.53. The summed E-state index contributed by atoms with van der Waals surface area (Å²) >= 11 is 0. The molecular weight excluding hydrogens is 164 g/mol. The van der Waals surface area contributed by atoms with Crippen LogP contribution < -0.4 is 5.32 Å². The smallest absolute Gasteiger partial charge is 0.225 e. The number of likely N-dealkylation sites (tertiary alicyclic amines) is 1. The highest BCUT2D eigenvalue weighted by atomic mass is 16.2. The number of fused-ring (bicyclic) bond motifs is 2. The lowest BCUT2D eigenvalue weighted by molar-refractivity contribution is -0.133. The highest BCUT2D eigenvalue weighted by Gasteiger charge is 2.39. The molecule has 2 bridgehead atoms. The lowest BCUT2D eigenvalue weighted by Gasteiger charge is -2.33. The van der Waals surface area contributed by atoms with Gasteiger partial charge in [0.1, 0.15) is 0 Å². The molecule has 72 valence electrons. The fourth-order valence-corrected chi connectivity index (χ4v) is 2.57. The first-order chi connectivity index (χ1) is 6.33. The summed E-state index contributed by atoms with van der Waals surface area (Å²) in [5.41, 5.74) is 0. The number of carbonyl (C=O) groups is 1. The Bertz CT molecular complexity index is 225. The van der Waals surface area contributed by atoms with Crippen LogP contribution in [0.5, 0.6) is 0 Å². The van der Waals surface area contributed by atoms with Crippen LogP contribution in [-0.2, 0) is 4.79 Å². The van der Waals surface area contributed by atoms with Crippen molar-refractivity contribution in [3.8, 4) is 0 Å². The topological polar surface area (TPSA) is 32.3 Å². The Balaban J connectivity index is 1.68. The molecule has 1 saturated carbocycles. The molecule has 1 aliphatic carbocycles. The Kier molecular flexibility index (Phi) is 1.62. The molecule has 3 heteroatoms. The third-order valence-corrected chi connectivity index (χ3v) is 3.45. The maximum atomic E-state index is 11.8. The van der Waals surface area contributed by atoms with Gasteiger partial charge in [0.2, 0.25) is 5.91 Å². The van der Waals surface area contributed by atoms with E-state index in [1.54, 1.807) is 0 Å². The number of hydrogen-bond acceptors (Lipinski definition) is 2. The van der Waals surface area contributed by atoms with Crippen LogP contribution in [0.4, 0.5) is 0 Å². The molecule has 3 aliphatic rings. The number of piperazine rings is 1. The van der Waals surface area contributed by atoms with Gasteiger partial charge in [0.05, 0.1) is 0 Å². The molecule has 0 radical (unpaired) electrons. The van der Waals surface area contributed by atoms with Crippen molar-refractivity contribution < 1.29 is 4.79 Å². The molecular formula is C10H16N2O. The van der Waals surface area contributed by atoms with Crippen LogP contribution in [0.15, 0.2) is 0 Å².